The Bertz CT molecular complexity index is 369. The van der Waals surface area contributed by atoms with E-state index in [1.807, 2.05) is 0 Å². The molecule has 2 rings (SSSR count). The first kappa shape index (κ1) is 12.2. The first-order valence-electron chi connectivity index (χ1n) is 5.51. The van der Waals surface area contributed by atoms with E-state index in [9.17, 15) is 13.2 Å². The number of nitrogens with two attached hydrogens (primary N) is 1. The number of halogens is 3. The number of anilines is 1. The summed E-state index contributed by atoms with van der Waals surface area (Å²) in [6.45, 7) is 1.83. The van der Waals surface area contributed by atoms with Crippen LogP contribution in [-0.4, -0.2) is 24.2 Å². The minimum absolute atomic E-state index is 0.000414. The average molecular weight is 245 g/mol. The van der Waals surface area contributed by atoms with Crippen LogP contribution in [0, 0.1) is 0 Å². The zero-order valence-corrected chi connectivity index (χ0v) is 9.24. The normalized spacial score (nSPS) is 18.5. The van der Waals surface area contributed by atoms with E-state index in [1.165, 1.54) is 12.3 Å². The van der Waals surface area contributed by atoms with Gasteiger partial charge < -0.3 is 10.6 Å². The van der Waals surface area contributed by atoms with E-state index in [4.69, 9.17) is 5.73 Å². The van der Waals surface area contributed by atoms with Crippen molar-refractivity contribution in [3.63, 3.8) is 0 Å². The maximum Gasteiger partial charge on any atom is 0.407 e. The Morgan fingerprint density at radius 3 is 2.35 bits per heavy atom. The molecule has 0 bridgehead atoms. The van der Waals surface area contributed by atoms with Crippen LogP contribution >= 0.6 is 0 Å². The van der Waals surface area contributed by atoms with E-state index in [2.05, 4.69) is 9.88 Å². The second kappa shape index (κ2) is 4.52. The van der Waals surface area contributed by atoms with Crippen LogP contribution in [-0.2, 0) is 0 Å². The first-order chi connectivity index (χ1) is 7.98. The van der Waals surface area contributed by atoms with E-state index in [0.717, 1.165) is 31.7 Å². The number of nitrogens with zero attached hydrogens (tertiary/aromatic N) is 2. The molecule has 1 aliphatic heterocycles. The van der Waals surface area contributed by atoms with Crippen LogP contribution in [0.1, 0.15) is 24.4 Å². The molecular formula is C11H14F3N3. The van der Waals surface area contributed by atoms with Crippen LogP contribution in [0.4, 0.5) is 19.0 Å². The highest BCUT2D eigenvalue weighted by molar-refractivity contribution is 5.40. The van der Waals surface area contributed by atoms with Crippen molar-refractivity contribution in [1.29, 1.82) is 0 Å². The van der Waals surface area contributed by atoms with Crippen molar-refractivity contribution >= 4 is 5.82 Å². The predicted octanol–water partition coefficient (Wildman–Crippen LogP) is 2.24. The minimum atomic E-state index is -4.42. The van der Waals surface area contributed by atoms with Crippen LogP contribution in [0.25, 0.3) is 0 Å². The van der Waals surface area contributed by atoms with Crippen LogP contribution in [0.15, 0.2) is 18.3 Å². The molecule has 0 amide bonds. The van der Waals surface area contributed by atoms with Crippen molar-refractivity contribution in [3.05, 3.63) is 23.9 Å². The maximum atomic E-state index is 12.4. The molecule has 1 fully saturated rings. The number of pyridine rings is 1. The Morgan fingerprint density at radius 1 is 1.24 bits per heavy atom. The Kier molecular flexibility index (Phi) is 3.24. The third-order valence-corrected chi connectivity index (χ3v) is 2.91. The molecule has 0 saturated carbocycles. The summed E-state index contributed by atoms with van der Waals surface area (Å²) in [7, 11) is 0. The number of alkyl halides is 3. The summed E-state index contributed by atoms with van der Waals surface area (Å²) in [6.07, 6.45) is -1.00. The fourth-order valence-corrected chi connectivity index (χ4v) is 1.90. The predicted molar refractivity (Wildman–Crippen MR) is 58.7 cm³/mol. The lowest BCUT2D eigenvalue weighted by atomic mass is 10.1. The van der Waals surface area contributed by atoms with E-state index in [0.29, 0.717) is 0 Å². The van der Waals surface area contributed by atoms with Crippen LogP contribution in [0.3, 0.4) is 0 Å². The summed E-state index contributed by atoms with van der Waals surface area (Å²) < 4.78 is 37.1. The molecule has 6 heteroatoms. The Balaban J connectivity index is 2.12. The summed E-state index contributed by atoms with van der Waals surface area (Å²) in [5.41, 5.74) is 5.10. The lowest BCUT2D eigenvalue weighted by Crippen LogP contribution is -2.28. The molecule has 2 N–H and O–H groups in total. The molecule has 0 spiro atoms. The third-order valence-electron chi connectivity index (χ3n) is 2.91. The SMILES string of the molecule is NC(c1ccc(N2CCCC2)nc1)C(F)(F)F. The molecule has 1 saturated heterocycles. The molecule has 1 atom stereocenters. The fraction of sp³-hybridized carbons (Fsp3) is 0.545. The molecule has 3 nitrogen and oxygen atoms in total. The smallest absolute Gasteiger partial charge is 0.357 e. The summed E-state index contributed by atoms with van der Waals surface area (Å²) in [6, 6.07) is 1.05. The van der Waals surface area contributed by atoms with Gasteiger partial charge >= 0.3 is 6.18 Å². The van der Waals surface area contributed by atoms with Gasteiger partial charge in [0.2, 0.25) is 0 Å². The number of hydrogen-bond donors (Lipinski definition) is 1. The lowest BCUT2D eigenvalue weighted by molar-refractivity contribution is -0.149. The van der Waals surface area contributed by atoms with Gasteiger partial charge in [0.1, 0.15) is 11.9 Å². The van der Waals surface area contributed by atoms with Crippen LogP contribution in [0.2, 0.25) is 0 Å². The fourth-order valence-electron chi connectivity index (χ4n) is 1.90. The highest BCUT2D eigenvalue weighted by atomic mass is 19.4. The maximum absolute atomic E-state index is 12.4. The van der Waals surface area contributed by atoms with Gasteiger partial charge in [-0.25, -0.2) is 4.98 Å². The van der Waals surface area contributed by atoms with E-state index in [-0.39, 0.29) is 5.56 Å². The highest BCUT2D eigenvalue weighted by Crippen LogP contribution is 2.30. The van der Waals surface area contributed by atoms with Crippen molar-refractivity contribution in [2.45, 2.75) is 25.1 Å². The second-order valence-electron chi connectivity index (χ2n) is 4.16. The van der Waals surface area contributed by atoms with Gasteiger partial charge in [0.05, 0.1) is 0 Å². The topological polar surface area (TPSA) is 42.1 Å². The summed E-state index contributed by atoms with van der Waals surface area (Å²) in [4.78, 5) is 6.10. The van der Waals surface area contributed by atoms with Gasteiger partial charge in [-0.3, -0.25) is 0 Å². The number of rotatable bonds is 2. The minimum Gasteiger partial charge on any atom is -0.357 e. The summed E-state index contributed by atoms with van der Waals surface area (Å²) >= 11 is 0. The van der Waals surface area contributed by atoms with Gasteiger partial charge in [-0.1, -0.05) is 6.07 Å². The molecule has 2 heterocycles. The molecule has 1 aromatic rings. The Hall–Kier alpha value is -1.30. The number of hydrogen-bond acceptors (Lipinski definition) is 3. The van der Waals surface area contributed by atoms with Crippen LogP contribution < -0.4 is 10.6 Å². The third kappa shape index (κ3) is 2.69. The molecule has 0 aromatic carbocycles. The highest BCUT2D eigenvalue weighted by Gasteiger charge is 2.38. The Labute approximate surface area is 97.4 Å². The Morgan fingerprint density at radius 2 is 1.88 bits per heavy atom. The molecule has 0 radical (unpaired) electrons. The van der Waals surface area contributed by atoms with E-state index in [1.54, 1.807) is 6.07 Å². The van der Waals surface area contributed by atoms with E-state index < -0.39 is 12.2 Å². The quantitative estimate of drug-likeness (QED) is 0.868. The molecule has 94 valence electrons. The number of aromatic nitrogens is 1. The first-order valence-corrected chi connectivity index (χ1v) is 5.51. The molecule has 1 unspecified atom stereocenters. The largest absolute Gasteiger partial charge is 0.407 e. The van der Waals surface area contributed by atoms with E-state index >= 15 is 0 Å². The lowest BCUT2D eigenvalue weighted by Gasteiger charge is -2.19. The van der Waals surface area contributed by atoms with Gasteiger partial charge in [0.15, 0.2) is 0 Å². The van der Waals surface area contributed by atoms with Crippen molar-refractivity contribution in [2.24, 2.45) is 5.73 Å². The van der Waals surface area contributed by atoms with Crippen molar-refractivity contribution in [2.75, 3.05) is 18.0 Å². The molecular weight excluding hydrogens is 231 g/mol. The summed E-state index contributed by atoms with van der Waals surface area (Å²) in [5, 5.41) is 0. The van der Waals surface area contributed by atoms with Gasteiger partial charge in [0, 0.05) is 19.3 Å². The zero-order valence-electron chi connectivity index (χ0n) is 9.24. The molecule has 1 aromatic heterocycles. The molecule has 0 aliphatic carbocycles. The van der Waals surface area contributed by atoms with Gasteiger partial charge in [-0.2, -0.15) is 13.2 Å². The van der Waals surface area contributed by atoms with Gasteiger partial charge in [-0.15, -0.1) is 0 Å². The van der Waals surface area contributed by atoms with Crippen LogP contribution in [0.5, 0.6) is 0 Å². The van der Waals surface area contributed by atoms with Crippen molar-refractivity contribution in [1.82, 2.24) is 4.98 Å². The van der Waals surface area contributed by atoms with Gasteiger partial charge in [0.25, 0.3) is 0 Å². The van der Waals surface area contributed by atoms with Crippen molar-refractivity contribution in [3.8, 4) is 0 Å². The monoisotopic (exact) mass is 245 g/mol. The molecule has 1 aliphatic rings. The standard InChI is InChI=1S/C11H14F3N3/c12-11(13,14)10(15)8-3-4-9(16-7-8)17-5-1-2-6-17/h3-4,7,10H,1-2,5-6,15H2. The van der Waals surface area contributed by atoms with Gasteiger partial charge in [-0.05, 0) is 24.5 Å². The zero-order chi connectivity index (χ0) is 12.5. The second-order valence-corrected chi connectivity index (χ2v) is 4.16. The average Bonchev–Trinajstić information content (AvgIpc) is 2.80. The van der Waals surface area contributed by atoms with Crippen molar-refractivity contribution < 1.29 is 13.2 Å². The molecule has 17 heavy (non-hydrogen) atoms. The summed E-state index contributed by atoms with van der Waals surface area (Å²) in [5.74, 6) is 0.723.